The summed E-state index contributed by atoms with van der Waals surface area (Å²) in [4.78, 5) is 7.12. The third kappa shape index (κ3) is 7.90. The molecule has 6 nitrogen and oxygen atoms in total. The Balaban J connectivity index is 0.00000300. The van der Waals surface area contributed by atoms with Gasteiger partial charge in [-0.15, -0.1) is 24.0 Å². The quantitative estimate of drug-likeness (QED) is 0.280. The van der Waals surface area contributed by atoms with E-state index in [9.17, 15) is 9.50 Å². The maximum absolute atomic E-state index is 12.9. The highest BCUT2D eigenvalue weighted by Gasteiger charge is 2.30. The van der Waals surface area contributed by atoms with Gasteiger partial charge in [0.25, 0.3) is 0 Å². The number of guanidine groups is 1. The van der Waals surface area contributed by atoms with Gasteiger partial charge in [0.2, 0.25) is 0 Å². The summed E-state index contributed by atoms with van der Waals surface area (Å²) < 4.78 is 18.4. The van der Waals surface area contributed by atoms with Crippen molar-refractivity contribution in [3.63, 3.8) is 0 Å². The van der Waals surface area contributed by atoms with E-state index in [2.05, 4.69) is 20.5 Å². The number of aliphatic hydroxyl groups is 1. The molecule has 0 aromatic heterocycles. The SMILES string of the molecule is CCNC(=NCC(O)COc1ccc(F)cc1)NC1CCN(C2CCCC2)C1.I. The number of nitrogens with one attached hydrogen (secondary N) is 2. The van der Waals surface area contributed by atoms with Crippen LogP contribution in [0.25, 0.3) is 0 Å². The van der Waals surface area contributed by atoms with Gasteiger partial charge in [0.05, 0.1) is 6.54 Å². The van der Waals surface area contributed by atoms with E-state index in [-0.39, 0.29) is 42.9 Å². The molecule has 1 aliphatic heterocycles. The number of nitrogens with zero attached hydrogens (tertiary/aromatic N) is 2. The number of aliphatic imine (C=N–C) groups is 1. The Kier molecular flexibility index (Phi) is 10.4. The highest BCUT2D eigenvalue weighted by atomic mass is 127. The molecule has 1 saturated heterocycles. The summed E-state index contributed by atoms with van der Waals surface area (Å²) in [6.07, 6.45) is 5.79. The number of hydrogen-bond donors (Lipinski definition) is 3. The third-order valence-electron chi connectivity index (χ3n) is 5.46. The predicted molar refractivity (Wildman–Crippen MR) is 125 cm³/mol. The maximum atomic E-state index is 12.9. The van der Waals surface area contributed by atoms with Gasteiger partial charge in [0.15, 0.2) is 5.96 Å². The lowest BCUT2D eigenvalue weighted by Gasteiger charge is -2.24. The number of benzene rings is 1. The van der Waals surface area contributed by atoms with E-state index in [0.29, 0.717) is 11.8 Å². The number of halogens is 2. The van der Waals surface area contributed by atoms with Gasteiger partial charge in [-0.3, -0.25) is 9.89 Å². The molecule has 1 aliphatic carbocycles. The molecule has 0 amide bonds. The molecule has 8 heteroatoms. The molecular formula is C21H34FIN4O2. The molecule has 0 radical (unpaired) electrons. The highest BCUT2D eigenvalue weighted by Crippen LogP contribution is 2.26. The molecule has 2 unspecified atom stereocenters. The van der Waals surface area contributed by atoms with E-state index in [1.54, 1.807) is 12.1 Å². The first-order valence-electron chi connectivity index (χ1n) is 10.5. The summed E-state index contributed by atoms with van der Waals surface area (Å²) in [6.45, 7) is 5.38. The summed E-state index contributed by atoms with van der Waals surface area (Å²) >= 11 is 0. The van der Waals surface area contributed by atoms with Crippen molar-refractivity contribution >= 4 is 29.9 Å². The zero-order valence-electron chi connectivity index (χ0n) is 17.1. The molecule has 2 atom stereocenters. The minimum atomic E-state index is -0.723. The second kappa shape index (κ2) is 12.5. The lowest BCUT2D eigenvalue weighted by Crippen LogP contribution is -2.45. The number of hydrogen-bond acceptors (Lipinski definition) is 4. The Hall–Kier alpha value is -1.13. The van der Waals surface area contributed by atoms with E-state index in [1.807, 2.05) is 6.92 Å². The van der Waals surface area contributed by atoms with Crippen LogP contribution in [0.15, 0.2) is 29.3 Å². The lowest BCUT2D eigenvalue weighted by atomic mass is 10.2. The second-order valence-corrected chi connectivity index (χ2v) is 7.70. The van der Waals surface area contributed by atoms with Crippen LogP contribution in [-0.2, 0) is 0 Å². The van der Waals surface area contributed by atoms with Crippen LogP contribution >= 0.6 is 24.0 Å². The number of ether oxygens (including phenoxy) is 1. The summed E-state index contributed by atoms with van der Waals surface area (Å²) in [5.41, 5.74) is 0. The van der Waals surface area contributed by atoms with E-state index in [0.717, 1.165) is 38.1 Å². The van der Waals surface area contributed by atoms with Gasteiger partial charge >= 0.3 is 0 Å². The molecule has 2 fully saturated rings. The van der Waals surface area contributed by atoms with Gasteiger partial charge in [0.1, 0.15) is 24.3 Å². The third-order valence-corrected chi connectivity index (χ3v) is 5.46. The molecule has 164 valence electrons. The van der Waals surface area contributed by atoms with E-state index in [1.165, 1.54) is 37.8 Å². The van der Waals surface area contributed by atoms with Gasteiger partial charge in [0, 0.05) is 31.7 Å². The van der Waals surface area contributed by atoms with Crippen LogP contribution < -0.4 is 15.4 Å². The van der Waals surface area contributed by atoms with Gasteiger partial charge in [-0.05, 0) is 50.5 Å². The van der Waals surface area contributed by atoms with Crippen molar-refractivity contribution in [3.05, 3.63) is 30.1 Å². The molecule has 1 aromatic carbocycles. The van der Waals surface area contributed by atoms with Crippen LogP contribution in [0.3, 0.4) is 0 Å². The zero-order chi connectivity index (χ0) is 19.8. The topological polar surface area (TPSA) is 69.1 Å². The fourth-order valence-corrected chi connectivity index (χ4v) is 3.99. The molecular weight excluding hydrogens is 486 g/mol. The normalized spacial score (nSPS) is 21.6. The average Bonchev–Trinajstić information content (AvgIpc) is 3.37. The van der Waals surface area contributed by atoms with Gasteiger partial charge in [-0.1, -0.05) is 12.8 Å². The van der Waals surface area contributed by atoms with Crippen molar-refractivity contribution in [2.45, 2.75) is 57.2 Å². The Morgan fingerprint density at radius 3 is 2.69 bits per heavy atom. The Labute approximate surface area is 190 Å². The van der Waals surface area contributed by atoms with Gasteiger partial charge in [-0.25, -0.2) is 4.39 Å². The van der Waals surface area contributed by atoms with Gasteiger partial charge in [-0.2, -0.15) is 0 Å². The summed E-state index contributed by atoms with van der Waals surface area (Å²) in [5, 5.41) is 16.9. The number of rotatable bonds is 8. The van der Waals surface area contributed by atoms with E-state index < -0.39 is 6.10 Å². The molecule has 2 aliphatic rings. The molecule has 3 rings (SSSR count). The molecule has 29 heavy (non-hydrogen) atoms. The van der Waals surface area contributed by atoms with Crippen LogP contribution in [0.1, 0.15) is 39.0 Å². The fraction of sp³-hybridized carbons (Fsp3) is 0.667. The monoisotopic (exact) mass is 520 g/mol. The van der Waals surface area contributed by atoms with Crippen molar-refractivity contribution in [2.24, 2.45) is 4.99 Å². The largest absolute Gasteiger partial charge is 0.491 e. The fourth-order valence-electron chi connectivity index (χ4n) is 3.99. The molecule has 1 aromatic rings. The summed E-state index contributed by atoms with van der Waals surface area (Å²) in [5.74, 6) is 0.964. The average molecular weight is 520 g/mol. The lowest BCUT2D eigenvalue weighted by molar-refractivity contribution is 0.114. The Morgan fingerprint density at radius 1 is 1.28 bits per heavy atom. The maximum Gasteiger partial charge on any atom is 0.191 e. The van der Waals surface area contributed by atoms with Crippen LogP contribution in [0.2, 0.25) is 0 Å². The van der Waals surface area contributed by atoms with E-state index >= 15 is 0 Å². The second-order valence-electron chi connectivity index (χ2n) is 7.70. The van der Waals surface area contributed by atoms with Crippen molar-refractivity contribution in [1.29, 1.82) is 0 Å². The highest BCUT2D eigenvalue weighted by molar-refractivity contribution is 14.0. The first kappa shape index (κ1) is 24.1. The molecule has 1 saturated carbocycles. The summed E-state index contributed by atoms with van der Waals surface area (Å²) in [7, 11) is 0. The van der Waals surface area contributed by atoms with Crippen molar-refractivity contribution < 1.29 is 14.2 Å². The molecule has 0 spiro atoms. The minimum absolute atomic E-state index is 0. The van der Waals surface area contributed by atoms with Crippen LogP contribution in [0.5, 0.6) is 5.75 Å². The predicted octanol–water partition coefficient (Wildman–Crippen LogP) is 2.76. The zero-order valence-corrected chi connectivity index (χ0v) is 19.5. The molecule has 1 heterocycles. The van der Waals surface area contributed by atoms with Crippen molar-refractivity contribution in [3.8, 4) is 5.75 Å². The number of likely N-dealkylation sites (tertiary alicyclic amines) is 1. The minimum Gasteiger partial charge on any atom is -0.491 e. The summed E-state index contributed by atoms with van der Waals surface area (Å²) in [6, 6.07) is 6.93. The Morgan fingerprint density at radius 2 is 2.00 bits per heavy atom. The smallest absolute Gasteiger partial charge is 0.191 e. The van der Waals surface area contributed by atoms with Crippen molar-refractivity contribution in [1.82, 2.24) is 15.5 Å². The Bertz CT molecular complexity index is 626. The number of aliphatic hydroxyl groups excluding tert-OH is 1. The van der Waals surface area contributed by atoms with E-state index in [4.69, 9.17) is 4.74 Å². The molecule has 3 N–H and O–H groups in total. The van der Waals surface area contributed by atoms with Crippen molar-refractivity contribution in [2.75, 3.05) is 32.8 Å². The van der Waals surface area contributed by atoms with Crippen LogP contribution in [0, 0.1) is 5.82 Å². The van der Waals surface area contributed by atoms with Crippen LogP contribution in [0.4, 0.5) is 4.39 Å². The first-order valence-corrected chi connectivity index (χ1v) is 10.5. The van der Waals surface area contributed by atoms with Crippen LogP contribution in [-0.4, -0.2) is 66.9 Å². The first-order chi connectivity index (χ1) is 13.6. The standard InChI is InChI=1S/C21H33FN4O2.HI/c1-2-23-21(25-17-11-12-26(14-17)18-5-3-4-6-18)24-13-19(27)15-28-20-9-7-16(22)8-10-20;/h7-10,17-19,27H,2-6,11-15H2,1H3,(H2,23,24,25);1H. The molecule has 0 bridgehead atoms. The van der Waals surface area contributed by atoms with Gasteiger partial charge < -0.3 is 20.5 Å².